The van der Waals surface area contributed by atoms with Crippen LogP contribution < -0.4 is 0 Å². The molecule has 5 heteroatoms. The summed E-state index contributed by atoms with van der Waals surface area (Å²) in [5.41, 5.74) is 3.17. The maximum Gasteiger partial charge on any atom is 0.253 e. The third-order valence-electron chi connectivity index (χ3n) is 5.09. The molecule has 1 aliphatic heterocycles. The molecule has 27 heavy (non-hydrogen) atoms. The zero-order valence-electron chi connectivity index (χ0n) is 15.6. The number of carbonyl (C=O) groups is 1. The van der Waals surface area contributed by atoms with E-state index in [9.17, 15) is 4.79 Å². The van der Waals surface area contributed by atoms with Crippen molar-refractivity contribution in [2.45, 2.75) is 12.5 Å². The molecular formula is C22H22N4O. The van der Waals surface area contributed by atoms with Crippen LogP contribution in [0, 0.1) is 11.8 Å². The molecule has 2 aromatic carbocycles. The van der Waals surface area contributed by atoms with Gasteiger partial charge >= 0.3 is 0 Å². The third-order valence-corrected chi connectivity index (χ3v) is 5.09. The standard InChI is InChI=1S/C22H22N4O/c1-25(2)18-12-13-26(15-18)22(27)17-9-11-21-19(14-17)20(23-24-21)10-8-16-6-4-3-5-7-16/h3-7,9,11,14,18H,12-13,15H2,1-2H3,(H,23,24). The average molecular weight is 358 g/mol. The first-order valence-corrected chi connectivity index (χ1v) is 9.13. The van der Waals surface area contributed by atoms with Crippen molar-refractivity contribution in [1.29, 1.82) is 0 Å². The van der Waals surface area contributed by atoms with Crippen molar-refractivity contribution in [3.63, 3.8) is 0 Å². The van der Waals surface area contributed by atoms with Crippen LogP contribution in [0.25, 0.3) is 10.9 Å². The van der Waals surface area contributed by atoms with Crippen molar-refractivity contribution in [2.24, 2.45) is 0 Å². The SMILES string of the molecule is CN(C)C1CCN(C(=O)c2ccc3[nH]nc(C#Cc4ccccc4)c3c2)C1. The lowest BCUT2D eigenvalue weighted by Crippen LogP contribution is -2.34. The van der Waals surface area contributed by atoms with E-state index in [1.54, 1.807) is 0 Å². The fourth-order valence-electron chi connectivity index (χ4n) is 3.43. The Bertz CT molecular complexity index is 1030. The molecule has 1 fully saturated rings. The van der Waals surface area contributed by atoms with Gasteiger partial charge in [-0.15, -0.1) is 0 Å². The molecule has 136 valence electrons. The minimum absolute atomic E-state index is 0.0735. The van der Waals surface area contributed by atoms with Crippen LogP contribution in [0.2, 0.25) is 0 Å². The zero-order valence-corrected chi connectivity index (χ0v) is 15.6. The van der Waals surface area contributed by atoms with E-state index in [-0.39, 0.29) is 5.91 Å². The fourth-order valence-corrected chi connectivity index (χ4v) is 3.43. The number of hydrogen-bond acceptors (Lipinski definition) is 3. The Balaban J connectivity index is 1.61. The van der Waals surface area contributed by atoms with Crippen molar-refractivity contribution >= 4 is 16.8 Å². The van der Waals surface area contributed by atoms with Crippen LogP contribution in [0.3, 0.4) is 0 Å². The maximum absolute atomic E-state index is 12.9. The molecule has 0 aliphatic carbocycles. The van der Waals surface area contributed by atoms with Gasteiger partial charge in [0, 0.05) is 35.6 Å². The summed E-state index contributed by atoms with van der Waals surface area (Å²) in [5, 5.41) is 8.19. The zero-order chi connectivity index (χ0) is 18.8. The molecule has 0 radical (unpaired) electrons. The lowest BCUT2D eigenvalue weighted by molar-refractivity contribution is 0.0783. The van der Waals surface area contributed by atoms with Gasteiger partial charge in [0.25, 0.3) is 5.91 Å². The highest BCUT2D eigenvalue weighted by molar-refractivity contribution is 5.99. The summed E-state index contributed by atoms with van der Waals surface area (Å²) in [6, 6.07) is 15.9. The summed E-state index contributed by atoms with van der Waals surface area (Å²) in [7, 11) is 4.13. The molecule has 1 atom stereocenters. The van der Waals surface area contributed by atoms with Gasteiger partial charge in [0.1, 0.15) is 5.69 Å². The minimum atomic E-state index is 0.0735. The van der Waals surface area contributed by atoms with E-state index in [1.165, 1.54) is 0 Å². The van der Waals surface area contributed by atoms with E-state index in [0.717, 1.165) is 36.0 Å². The van der Waals surface area contributed by atoms with Crippen molar-refractivity contribution in [2.75, 3.05) is 27.2 Å². The van der Waals surface area contributed by atoms with Crippen molar-refractivity contribution in [3.8, 4) is 11.8 Å². The Hall–Kier alpha value is -3.10. The minimum Gasteiger partial charge on any atom is -0.337 e. The number of hydrogen-bond donors (Lipinski definition) is 1. The van der Waals surface area contributed by atoms with Gasteiger partial charge in [-0.1, -0.05) is 24.1 Å². The van der Waals surface area contributed by atoms with Crippen LogP contribution in [0.5, 0.6) is 0 Å². The third kappa shape index (κ3) is 3.57. The number of nitrogens with zero attached hydrogens (tertiary/aromatic N) is 3. The molecule has 4 rings (SSSR count). The molecule has 3 aromatic rings. The van der Waals surface area contributed by atoms with E-state index < -0.39 is 0 Å². The van der Waals surface area contributed by atoms with Crippen molar-refractivity contribution in [1.82, 2.24) is 20.0 Å². The first-order valence-electron chi connectivity index (χ1n) is 9.13. The quantitative estimate of drug-likeness (QED) is 0.717. The van der Waals surface area contributed by atoms with Crippen LogP contribution >= 0.6 is 0 Å². The lowest BCUT2D eigenvalue weighted by atomic mass is 10.1. The van der Waals surface area contributed by atoms with Gasteiger partial charge in [0.2, 0.25) is 0 Å². The number of H-pyrrole nitrogens is 1. The Morgan fingerprint density at radius 3 is 2.74 bits per heavy atom. The topological polar surface area (TPSA) is 52.2 Å². The summed E-state index contributed by atoms with van der Waals surface area (Å²) in [6.45, 7) is 1.57. The van der Waals surface area contributed by atoms with E-state index in [1.807, 2.05) is 53.4 Å². The van der Waals surface area contributed by atoms with E-state index in [2.05, 4.69) is 41.0 Å². The van der Waals surface area contributed by atoms with Crippen LogP contribution in [0.1, 0.15) is 28.0 Å². The monoisotopic (exact) mass is 358 g/mol. The summed E-state index contributed by atoms with van der Waals surface area (Å²) in [5.74, 6) is 6.32. The van der Waals surface area contributed by atoms with Gasteiger partial charge in [-0.3, -0.25) is 9.89 Å². The van der Waals surface area contributed by atoms with Crippen LogP contribution in [-0.2, 0) is 0 Å². The highest BCUT2D eigenvalue weighted by Crippen LogP contribution is 2.21. The first kappa shape index (κ1) is 17.3. The van der Waals surface area contributed by atoms with Gasteiger partial charge < -0.3 is 9.80 Å². The van der Waals surface area contributed by atoms with E-state index in [4.69, 9.17) is 0 Å². The molecule has 1 amide bonds. The van der Waals surface area contributed by atoms with E-state index >= 15 is 0 Å². The molecule has 1 unspecified atom stereocenters. The lowest BCUT2D eigenvalue weighted by Gasteiger charge is -2.20. The molecule has 2 heterocycles. The molecular weight excluding hydrogens is 336 g/mol. The summed E-state index contributed by atoms with van der Waals surface area (Å²) in [6.07, 6.45) is 1.01. The number of aromatic nitrogens is 2. The largest absolute Gasteiger partial charge is 0.337 e. The van der Waals surface area contributed by atoms with Gasteiger partial charge in [0.15, 0.2) is 0 Å². The average Bonchev–Trinajstić information content (AvgIpc) is 3.34. The van der Waals surface area contributed by atoms with Crippen molar-refractivity contribution in [3.05, 3.63) is 65.4 Å². The van der Waals surface area contributed by atoms with Crippen LogP contribution in [0.15, 0.2) is 48.5 Å². The highest BCUT2D eigenvalue weighted by atomic mass is 16.2. The summed E-state index contributed by atoms with van der Waals surface area (Å²) >= 11 is 0. The van der Waals surface area contributed by atoms with Gasteiger partial charge in [0.05, 0.1) is 5.52 Å². The number of carbonyl (C=O) groups excluding carboxylic acids is 1. The number of likely N-dealkylation sites (tertiary alicyclic amines) is 1. The maximum atomic E-state index is 12.9. The molecule has 0 bridgehead atoms. The van der Waals surface area contributed by atoms with Gasteiger partial charge in [-0.2, -0.15) is 5.10 Å². The predicted octanol–water partition coefficient (Wildman–Crippen LogP) is 2.74. The highest BCUT2D eigenvalue weighted by Gasteiger charge is 2.28. The van der Waals surface area contributed by atoms with Gasteiger partial charge in [-0.25, -0.2) is 0 Å². The Morgan fingerprint density at radius 2 is 2.00 bits per heavy atom. The second-order valence-electron chi connectivity index (χ2n) is 7.11. The Morgan fingerprint density at radius 1 is 1.19 bits per heavy atom. The first-order chi connectivity index (χ1) is 13.1. The molecule has 1 aromatic heterocycles. The summed E-state index contributed by atoms with van der Waals surface area (Å²) in [4.78, 5) is 17.0. The van der Waals surface area contributed by atoms with E-state index in [0.29, 0.717) is 17.3 Å². The summed E-state index contributed by atoms with van der Waals surface area (Å²) < 4.78 is 0. The number of aromatic amines is 1. The Labute approximate surface area is 159 Å². The van der Waals surface area contributed by atoms with Crippen LogP contribution in [0.4, 0.5) is 0 Å². The number of fused-ring (bicyclic) bond motifs is 1. The molecule has 0 spiro atoms. The smallest absolute Gasteiger partial charge is 0.253 e. The molecule has 1 aliphatic rings. The molecule has 1 N–H and O–H groups in total. The molecule has 1 saturated heterocycles. The second kappa shape index (κ2) is 7.26. The number of nitrogens with one attached hydrogen (secondary N) is 1. The predicted molar refractivity (Wildman–Crippen MR) is 107 cm³/mol. The second-order valence-corrected chi connectivity index (χ2v) is 7.11. The van der Waals surface area contributed by atoms with Gasteiger partial charge in [-0.05, 0) is 56.8 Å². The normalized spacial score (nSPS) is 16.6. The number of rotatable bonds is 2. The number of likely N-dealkylation sites (N-methyl/N-ethyl adjacent to an activating group) is 1. The Kier molecular flexibility index (Phi) is 4.66. The molecule has 0 saturated carbocycles. The molecule has 5 nitrogen and oxygen atoms in total. The fraction of sp³-hybridized carbons (Fsp3) is 0.273. The number of amides is 1. The van der Waals surface area contributed by atoms with Crippen molar-refractivity contribution < 1.29 is 4.79 Å². The number of benzene rings is 2. The van der Waals surface area contributed by atoms with Crippen LogP contribution in [-0.4, -0.2) is 59.1 Å².